The molecule has 0 saturated carbocycles. The van der Waals surface area contributed by atoms with Crippen molar-refractivity contribution >= 4 is 11.4 Å². The van der Waals surface area contributed by atoms with Gasteiger partial charge in [-0.05, 0) is 89.3 Å². The lowest BCUT2D eigenvalue weighted by Crippen LogP contribution is -2.36. The number of fused-ring (bicyclic) bond motifs is 1. The van der Waals surface area contributed by atoms with Gasteiger partial charge in [-0.2, -0.15) is 13.2 Å². The van der Waals surface area contributed by atoms with Gasteiger partial charge in [0.25, 0.3) is 5.56 Å². The van der Waals surface area contributed by atoms with E-state index in [4.69, 9.17) is 0 Å². The number of nitrogens with one attached hydrogen (secondary N) is 1. The van der Waals surface area contributed by atoms with E-state index in [2.05, 4.69) is 10.2 Å². The molecule has 1 amide bonds. The summed E-state index contributed by atoms with van der Waals surface area (Å²) >= 11 is 0. The molecule has 2 aromatic heterocycles. The molecule has 0 spiro atoms. The van der Waals surface area contributed by atoms with Crippen molar-refractivity contribution in [2.75, 3.05) is 19.6 Å². The molecule has 1 saturated heterocycles. The summed E-state index contributed by atoms with van der Waals surface area (Å²) in [5, 5.41) is 2.76. The third-order valence-electron chi connectivity index (χ3n) is 6.80. The lowest BCUT2D eigenvalue weighted by molar-refractivity contribution is -0.137. The molecular formula is C28H35F3N4O2. The molecule has 200 valence electrons. The number of carbonyl (C=O) groups is 1. The molecule has 1 aliphatic heterocycles. The Bertz CT molecular complexity index is 1290. The molecule has 0 radical (unpaired) electrons. The third-order valence-corrected chi connectivity index (χ3v) is 6.80. The number of piperidine rings is 1. The standard InChI is InChI=1S/C28H35F3N4O2/c1-20(2)32-26(36)19-35-25(22-10-8-11-23(16-22)28(29,30)31)18-34-17-21(15-24(34)27(35)37)9-4-7-14-33-12-5-3-6-13-33/h8,10-11,15-18,20H,3-7,9,12-14,19H2,1-2H3,(H,32,36). The van der Waals surface area contributed by atoms with Crippen molar-refractivity contribution in [3.63, 3.8) is 0 Å². The number of carbonyl (C=O) groups excluding carboxylic acids is 1. The molecule has 6 nitrogen and oxygen atoms in total. The Balaban J connectivity index is 1.63. The Morgan fingerprint density at radius 3 is 2.51 bits per heavy atom. The fourth-order valence-electron chi connectivity index (χ4n) is 5.00. The molecule has 1 aromatic carbocycles. The summed E-state index contributed by atoms with van der Waals surface area (Å²) in [4.78, 5) is 28.6. The van der Waals surface area contributed by atoms with Crippen LogP contribution in [0.25, 0.3) is 16.8 Å². The number of hydrogen-bond donors (Lipinski definition) is 1. The second-order valence-electron chi connectivity index (χ2n) is 10.2. The van der Waals surface area contributed by atoms with E-state index in [1.54, 1.807) is 10.6 Å². The quantitative estimate of drug-likeness (QED) is 0.402. The molecule has 9 heteroatoms. The first kappa shape index (κ1) is 27.0. The summed E-state index contributed by atoms with van der Waals surface area (Å²) in [6.07, 6.45) is 5.70. The predicted molar refractivity (Wildman–Crippen MR) is 139 cm³/mol. The number of alkyl halides is 3. The molecule has 0 aliphatic carbocycles. The maximum atomic E-state index is 13.5. The second-order valence-corrected chi connectivity index (χ2v) is 10.2. The maximum Gasteiger partial charge on any atom is 0.416 e. The minimum absolute atomic E-state index is 0.131. The van der Waals surface area contributed by atoms with Crippen molar-refractivity contribution in [3.8, 4) is 11.3 Å². The van der Waals surface area contributed by atoms with E-state index in [0.717, 1.165) is 43.5 Å². The number of hydrogen-bond acceptors (Lipinski definition) is 3. The van der Waals surface area contributed by atoms with Gasteiger partial charge in [0.1, 0.15) is 12.1 Å². The molecule has 0 unspecified atom stereocenters. The zero-order chi connectivity index (χ0) is 26.6. The summed E-state index contributed by atoms with van der Waals surface area (Å²) in [6.45, 7) is 6.74. The summed E-state index contributed by atoms with van der Waals surface area (Å²) in [5.41, 5.74) is 0.665. The van der Waals surface area contributed by atoms with Crippen molar-refractivity contribution in [1.29, 1.82) is 0 Å². The van der Waals surface area contributed by atoms with Gasteiger partial charge in [0.15, 0.2) is 0 Å². The summed E-state index contributed by atoms with van der Waals surface area (Å²) in [5.74, 6) is -0.376. The minimum atomic E-state index is -4.52. The van der Waals surface area contributed by atoms with E-state index in [1.165, 1.54) is 49.1 Å². The van der Waals surface area contributed by atoms with Crippen molar-refractivity contribution < 1.29 is 18.0 Å². The van der Waals surface area contributed by atoms with Crippen LogP contribution in [0.15, 0.2) is 47.5 Å². The largest absolute Gasteiger partial charge is 0.416 e. The summed E-state index contributed by atoms with van der Waals surface area (Å²) < 4.78 is 43.1. The van der Waals surface area contributed by atoms with Crippen LogP contribution in [-0.2, 0) is 23.9 Å². The highest BCUT2D eigenvalue weighted by Gasteiger charge is 2.31. The number of aromatic nitrogens is 2. The number of benzene rings is 1. The summed E-state index contributed by atoms with van der Waals surface area (Å²) in [6, 6.07) is 6.55. The highest BCUT2D eigenvalue weighted by Crippen LogP contribution is 2.32. The van der Waals surface area contributed by atoms with E-state index in [0.29, 0.717) is 5.52 Å². The fraction of sp³-hybridized carbons (Fsp3) is 0.500. The lowest BCUT2D eigenvalue weighted by atomic mass is 10.1. The lowest BCUT2D eigenvalue weighted by Gasteiger charge is -2.26. The monoisotopic (exact) mass is 516 g/mol. The molecule has 37 heavy (non-hydrogen) atoms. The molecule has 3 aromatic rings. The van der Waals surface area contributed by atoms with Crippen LogP contribution in [0.2, 0.25) is 0 Å². The van der Waals surface area contributed by atoms with E-state index in [9.17, 15) is 22.8 Å². The first-order valence-electron chi connectivity index (χ1n) is 13.1. The Hall–Kier alpha value is -3.07. The number of halogens is 3. The molecular weight excluding hydrogens is 481 g/mol. The van der Waals surface area contributed by atoms with Gasteiger partial charge in [-0.3, -0.25) is 14.2 Å². The van der Waals surface area contributed by atoms with Crippen LogP contribution in [-0.4, -0.2) is 45.5 Å². The number of amides is 1. The molecule has 0 atom stereocenters. The zero-order valence-electron chi connectivity index (χ0n) is 21.5. The smallest absolute Gasteiger partial charge is 0.352 e. The zero-order valence-corrected chi connectivity index (χ0v) is 21.5. The number of aryl methyl sites for hydroxylation is 1. The van der Waals surface area contributed by atoms with E-state index in [-0.39, 0.29) is 29.8 Å². The van der Waals surface area contributed by atoms with Crippen LogP contribution in [0.1, 0.15) is 57.1 Å². The van der Waals surface area contributed by atoms with E-state index < -0.39 is 17.3 Å². The fourth-order valence-corrected chi connectivity index (χ4v) is 5.00. The van der Waals surface area contributed by atoms with Gasteiger partial charge < -0.3 is 14.6 Å². The second kappa shape index (κ2) is 11.5. The molecule has 4 rings (SSSR count). The SMILES string of the molecule is CC(C)NC(=O)Cn1c(-c2cccc(C(F)(F)F)c2)cn2cc(CCCCN3CCCCC3)cc2c1=O. The van der Waals surface area contributed by atoms with Gasteiger partial charge >= 0.3 is 6.18 Å². The maximum absolute atomic E-state index is 13.5. The average molecular weight is 517 g/mol. The first-order chi connectivity index (χ1) is 17.6. The van der Waals surface area contributed by atoms with Gasteiger partial charge in [-0.25, -0.2) is 0 Å². The molecule has 3 heterocycles. The Morgan fingerprint density at radius 2 is 1.81 bits per heavy atom. The molecule has 0 bridgehead atoms. The van der Waals surface area contributed by atoms with Gasteiger partial charge in [0, 0.05) is 24.0 Å². The topological polar surface area (TPSA) is 58.8 Å². The summed E-state index contributed by atoms with van der Waals surface area (Å²) in [7, 11) is 0. The number of likely N-dealkylation sites (tertiary alicyclic amines) is 1. The van der Waals surface area contributed by atoms with Crippen molar-refractivity contribution in [3.05, 3.63) is 64.2 Å². The van der Waals surface area contributed by atoms with Gasteiger partial charge in [-0.15, -0.1) is 0 Å². The van der Waals surface area contributed by atoms with Gasteiger partial charge in [0.2, 0.25) is 5.91 Å². The van der Waals surface area contributed by atoms with Crippen LogP contribution < -0.4 is 10.9 Å². The number of unbranched alkanes of at least 4 members (excludes halogenated alkanes) is 1. The Kier molecular flexibility index (Phi) is 8.42. The van der Waals surface area contributed by atoms with Crippen molar-refractivity contribution in [1.82, 2.24) is 19.2 Å². The third kappa shape index (κ3) is 6.83. The number of rotatable bonds is 9. The molecule has 1 N–H and O–H groups in total. The predicted octanol–water partition coefficient (Wildman–Crippen LogP) is 5.12. The van der Waals surface area contributed by atoms with Crippen LogP contribution in [0.3, 0.4) is 0 Å². The average Bonchev–Trinajstić information content (AvgIpc) is 3.26. The van der Waals surface area contributed by atoms with E-state index in [1.807, 2.05) is 26.1 Å². The van der Waals surface area contributed by atoms with Crippen molar-refractivity contribution in [2.24, 2.45) is 0 Å². The van der Waals surface area contributed by atoms with Crippen molar-refractivity contribution in [2.45, 2.75) is 71.1 Å². The molecule has 1 aliphatic rings. The minimum Gasteiger partial charge on any atom is -0.352 e. The Labute approximate surface area is 215 Å². The highest BCUT2D eigenvalue weighted by atomic mass is 19.4. The van der Waals surface area contributed by atoms with Gasteiger partial charge in [-0.1, -0.05) is 18.6 Å². The van der Waals surface area contributed by atoms with Crippen LogP contribution >= 0.6 is 0 Å². The highest BCUT2D eigenvalue weighted by molar-refractivity contribution is 5.77. The molecule has 1 fully saturated rings. The normalized spacial score (nSPS) is 15.0. The first-order valence-corrected chi connectivity index (χ1v) is 13.1. The van der Waals surface area contributed by atoms with Gasteiger partial charge in [0.05, 0.1) is 11.3 Å². The number of nitrogens with zero attached hydrogens (tertiary/aromatic N) is 3. The van der Waals surface area contributed by atoms with Crippen LogP contribution in [0, 0.1) is 0 Å². The Morgan fingerprint density at radius 1 is 1.05 bits per heavy atom. The van der Waals surface area contributed by atoms with Crippen LogP contribution in [0.5, 0.6) is 0 Å². The van der Waals surface area contributed by atoms with Crippen LogP contribution in [0.4, 0.5) is 13.2 Å². The van der Waals surface area contributed by atoms with E-state index >= 15 is 0 Å².